The average molecular weight is 551 g/mol. The van der Waals surface area contributed by atoms with Crippen LogP contribution in [0.3, 0.4) is 0 Å². The first kappa shape index (κ1) is 28.2. The highest BCUT2D eigenvalue weighted by Crippen LogP contribution is 2.34. The number of nitrogens with zero attached hydrogens (tertiary/aromatic N) is 3. The molecule has 0 fully saturated rings. The van der Waals surface area contributed by atoms with Crippen molar-refractivity contribution in [2.75, 3.05) is 30.0 Å². The van der Waals surface area contributed by atoms with Crippen molar-refractivity contribution in [1.82, 2.24) is 14.9 Å². The molecule has 4 rings (SSSR count). The lowest BCUT2D eigenvalue weighted by Crippen LogP contribution is -2.10. The van der Waals surface area contributed by atoms with Crippen LogP contribution in [-0.2, 0) is 17.5 Å². The fourth-order valence-electron chi connectivity index (χ4n) is 3.79. The van der Waals surface area contributed by atoms with Gasteiger partial charge in [-0.3, -0.25) is 4.79 Å². The molecule has 0 spiro atoms. The quantitative estimate of drug-likeness (QED) is 0.154. The minimum Gasteiger partial charge on any atom is -0.337 e. The van der Waals surface area contributed by atoms with Crippen molar-refractivity contribution in [3.63, 3.8) is 0 Å². The molecule has 0 atom stereocenters. The first-order valence-electron chi connectivity index (χ1n) is 12.1. The number of rotatable bonds is 9. The number of carbonyl (C=O) groups excluding carboxylic acids is 1. The molecule has 1 heterocycles. The Morgan fingerprint density at radius 3 is 2.27 bits per heavy atom. The Morgan fingerprint density at radius 1 is 0.975 bits per heavy atom. The minimum atomic E-state index is -4.49. The van der Waals surface area contributed by atoms with Crippen LogP contribution < -0.4 is 16.0 Å². The Hall–Kier alpha value is -4.77. The summed E-state index contributed by atoms with van der Waals surface area (Å²) in [5.41, 5.74) is 2.00. The average Bonchev–Trinajstić information content (AvgIpc) is 2.91. The van der Waals surface area contributed by atoms with Crippen LogP contribution >= 0.6 is 0 Å². The lowest BCUT2D eigenvalue weighted by atomic mass is 10.1. The Kier molecular flexibility index (Phi) is 8.44. The van der Waals surface area contributed by atoms with E-state index in [-0.39, 0.29) is 17.5 Å². The topological polar surface area (TPSA) is 82.2 Å². The van der Waals surface area contributed by atoms with Gasteiger partial charge >= 0.3 is 6.18 Å². The van der Waals surface area contributed by atoms with Gasteiger partial charge in [0.25, 0.3) is 0 Å². The summed E-state index contributed by atoms with van der Waals surface area (Å²) >= 11 is 0. The molecule has 4 aromatic rings. The number of alkyl halides is 3. The molecular formula is C29H26F4N6O. The number of hydrogen-bond donors (Lipinski definition) is 3. The number of carbonyl (C=O) groups is 1. The first-order chi connectivity index (χ1) is 19.0. The smallest absolute Gasteiger partial charge is 0.337 e. The van der Waals surface area contributed by atoms with Gasteiger partial charge in [-0.1, -0.05) is 30.8 Å². The van der Waals surface area contributed by atoms with Gasteiger partial charge in [0, 0.05) is 29.7 Å². The van der Waals surface area contributed by atoms with Gasteiger partial charge in [-0.25, -0.2) is 9.37 Å². The molecular weight excluding hydrogens is 524 g/mol. The predicted molar refractivity (Wildman–Crippen MR) is 148 cm³/mol. The van der Waals surface area contributed by atoms with E-state index in [9.17, 15) is 22.4 Å². The van der Waals surface area contributed by atoms with Gasteiger partial charge in [0.05, 0.1) is 11.3 Å². The van der Waals surface area contributed by atoms with E-state index < -0.39 is 23.5 Å². The van der Waals surface area contributed by atoms with Gasteiger partial charge < -0.3 is 20.9 Å². The fraction of sp³-hybridized carbons (Fsp3) is 0.138. The van der Waals surface area contributed by atoms with E-state index in [0.29, 0.717) is 22.5 Å². The van der Waals surface area contributed by atoms with Gasteiger partial charge in [0.15, 0.2) is 0 Å². The summed E-state index contributed by atoms with van der Waals surface area (Å²) in [5, 5.41) is 8.55. The summed E-state index contributed by atoms with van der Waals surface area (Å²) in [6, 6.07) is 16.0. The van der Waals surface area contributed by atoms with Crippen molar-refractivity contribution in [1.29, 1.82) is 0 Å². The molecule has 0 radical (unpaired) electrons. The summed E-state index contributed by atoms with van der Waals surface area (Å²) in [4.78, 5) is 22.6. The van der Waals surface area contributed by atoms with E-state index in [0.717, 1.165) is 36.4 Å². The number of benzene rings is 3. The number of halogens is 4. The van der Waals surface area contributed by atoms with Crippen LogP contribution in [0.4, 0.5) is 46.4 Å². The van der Waals surface area contributed by atoms with Crippen LogP contribution in [0.5, 0.6) is 0 Å². The SMILES string of the molecule is C=CC(=O)Nc1ccc(F)c(Nc2nc(Nc3ccc(CN(C)C)cc3)ncc2-c2ccc(C(F)(F)F)cc2)c1. The maximum atomic E-state index is 14.8. The molecule has 3 aromatic carbocycles. The molecule has 0 bridgehead atoms. The second-order valence-electron chi connectivity index (χ2n) is 9.10. The lowest BCUT2D eigenvalue weighted by Gasteiger charge is -2.15. The predicted octanol–water partition coefficient (Wildman–Crippen LogP) is 6.97. The summed E-state index contributed by atoms with van der Waals surface area (Å²) < 4.78 is 54.1. The zero-order chi connectivity index (χ0) is 28.9. The van der Waals surface area contributed by atoms with Crippen molar-refractivity contribution in [2.24, 2.45) is 0 Å². The molecule has 0 aliphatic rings. The summed E-state index contributed by atoms with van der Waals surface area (Å²) in [7, 11) is 3.94. The molecule has 0 saturated carbocycles. The highest BCUT2D eigenvalue weighted by Gasteiger charge is 2.30. The standard InChI is InChI=1S/C29H26F4N6O/c1-4-26(40)35-22-13-14-24(30)25(15-22)37-27-23(19-7-9-20(10-8-19)29(31,32)33)16-34-28(38-27)36-21-11-5-18(6-12-21)17-39(2)3/h4-16H,1,17H2,2-3H3,(H,35,40)(H2,34,36,37,38). The van der Waals surface area contributed by atoms with Crippen molar-refractivity contribution in [3.8, 4) is 11.1 Å². The number of hydrogen-bond acceptors (Lipinski definition) is 6. The largest absolute Gasteiger partial charge is 0.416 e. The van der Waals surface area contributed by atoms with Gasteiger partial charge in [0.1, 0.15) is 11.6 Å². The highest BCUT2D eigenvalue weighted by molar-refractivity contribution is 5.99. The fourth-order valence-corrected chi connectivity index (χ4v) is 3.79. The van der Waals surface area contributed by atoms with E-state index in [1.165, 1.54) is 30.5 Å². The van der Waals surface area contributed by atoms with Crippen LogP contribution in [0.25, 0.3) is 11.1 Å². The van der Waals surface area contributed by atoms with Gasteiger partial charge in [-0.2, -0.15) is 18.2 Å². The van der Waals surface area contributed by atoms with Gasteiger partial charge in [0.2, 0.25) is 11.9 Å². The molecule has 40 heavy (non-hydrogen) atoms. The third kappa shape index (κ3) is 7.20. The van der Waals surface area contributed by atoms with Crippen molar-refractivity contribution >= 4 is 34.7 Å². The van der Waals surface area contributed by atoms with E-state index in [1.807, 2.05) is 43.3 Å². The Balaban J connectivity index is 1.70. The maximum absolute atomic E-state index is 14.8. The molecule has 0 saturated heterocycles. The van der Waals surface area contributed by atoms with Gasteiger partial charge in [-0.15, -0.1) is 0 Å². The molecule has 0 unspecified atom stereocenters. The van der Waals surface area contributed by atoms with E-state index in [1.54, 1.807) is 0 Å². The lowest BCUT2D eigenvalue weighted by molar-refractivity contribution is -0.137. The third-order valence-electron chi connectivity index (χ3n) is 5.69. The van der Waals surface area contributed by atoms with Crippen LogP contribution in [0.15, 0.2) is 85.6 Å². The van der Waals surface area contributed by atoms with Crippen molar-refractivity contribution in [3.05, 3.63) is 103 Å². The molecule has 0 aliphatic carbocycles. The van der Waals surface area contributed by atoms with Crippen molar-refractivity contribution < 1.29 is 22.4 Å². The highest BCUT2D eigenvalue weighted by atomic mass is 19.4. The van der Waals surface area contributed by atoms with Crippen molar-refractivity contribution in [2.45, 2.75) is 12.7 Å². The second kappa shape index (κ2) is 12.0. The number of nitrogens with one attached hydrogen (secondary N) is 3. The number of amides is 1. The van der Waals surface area contributed by atoms with Gasteiger partial charge in [-0.05, 0) is 73.8 Å². The summed E-state index contributed by atoms with van der Waals surface area (Å²) in [6.07, 6.45) is -1.98. The minimum absolute atomic E-state index is 0.0206. The molecule has 1 amide bonds. The zero-order valence-corrected chi connectivity index (χ0v) is 21.7. The number of anilines is 5. The summed E-state index contributed by atoms with van der Waals surface area (Å²) in [5.74, 6) is -0.810. The van der Waals surface area contributed by atoms with E-state index in [4.69, 9.17) is 0 Å². The zero-order valence-electron chi connectivity index (χ0n) is 21.7. The van der Waals surface area contributed by atoms with Crippen LogP contribution in [0.1, 0.15) is 11.1 Å². The Labute approximate surface area is 228 Å². The maximum Gasteiger partial charge on any atom is 0.416 e. The van der Waals surface area contributed by atoms with Crippen LogP contribution in [0, 0.1) is 5.82 Å². The molecule has 1 aromatic heterocycles. The second-order valence-corrected chi connectivity index (χ2v) is 9.10. The Morgan fingerprint density at radius 2 is 1.65 bits per heavy atom. The molecule has 3 N–H and O–H groups in total. The molecule has 7 nitrogen and oxygen atoms in total. The monoisotopic (exact) mass is 550 g/mol. The number of aromatic nitrogens is 2. The van der Waals surface area contributed by atoms with Crippen LogP contribution in [0.2, 0.25) is 0 Å². The molecule has 206 valence electrons. The third-order valence-corrected chi connectivity index (χ3v) is 5.69. The Bertz CT molecular complexity index is 1500. The van der Waals surface area contributed by atoms with Crippen LogP contribution in [-0.4, -0.2) is 34.9 Å². The molecule has 11 heteroatoms. The first-order valence-corrected chi connectivity index (χ1v) is 12.1. The summed E-state index contributed by atoms with van der Waals surface area (Å²) in [6.45, 7) is 4.16. The van der Waals surface area contributed by atoms with E-state index in [2.05, 4.69) is 32.5 Å². The normalized spacial score (nSPS) is 11.3. The molecule has 0 aliphatic heterocycles. The van der Waals surface area contributed by atoms with E-state index >= 15 is 0 Å².